The Morgan fingerprint density at radius 3 is 2.70 bits per heavy atom. The molecule has 1 aromatic carbocycles. The first-order valence-corrected chi connectivity index (χ1v) is 10.8. The molecule has 2 N–H and O–H groups in total. The number of non-ortho nitro benzene ring substituents is 1. The van der Waals surface area contributed by atoms with Crippen LogP contribution in [0, 0.1) is 10.1 Å². The summed E-state index contributed by atoms with van der Waals surface area (Å²) >= 11 is 2.80. The average molecular weight is 444 g/mol. The van der Waals surface area contributed by atoms with Crippen molar-refractivity contribution >= 4 is 51.0 Å². The van der Waals surface area contributed by atoms with E-state index in [2.05, 4.69) is 15.6 Å². The zero-order valence-electron chi connectivity index (χ0n) is 15.7. The lowest BCUT2D eigenvalue weighted by atomic mass is 10.2. The van der Waals surface area contributed by atoms with Crippen LogP contribution >= 0.6 is 22.7 Å². The van der Waals surface area contributed by atoms with Crippen molar-refractivity contribution in [2.24, 2.45) is 0 Å². The minimum Gasteiger partial charge on any atom is -0.325 e. The quantitative estimate of drug-likeness (QED) is 0.446. The van der Waals surface area contributed by atoms with Gasteiger partial charge < -0.3 is 5.32 Å². The zero-order valence-corrected chi connectivity index (χ0v) is 17.3. The van der Waals surface area contributed by atoms with E-state index in [0.717, 1.165) is 10.6 Å². The minimum absolute atomic E-state index is 0.0243. The third-order valence-electron chi connectivity index (χ3n) is 4.50. The van der Waals surface area contributed by atoms with Gasteiger partial charge in [-0.1, -0.05) is 6.07 Å². The van der Waals surface area contributed by atoms with Crippen LogP contribution in [0.2, 0.25) is 0 Å². The Morgan fingerprint density at radius 2 is 2.00 bits per heavy atom. The molecule has 1 aliphatic rings. The van der Waals surface area contributed by atoms with Crippen LogP contribution in [-0.4, -0.2) is 39.7 Å². The Balaban J connectivity index is 1.32. The maximum atomic E-state index is 12.3. The first-order valence-electron chi connectivity index (χ1n) is 9.08. The second-order valence-electron chi connectivity index (χ2n) is 6.63. The maximum absolute atomic E-state index is 12.3. The number of benzene rings is 1. The van der Waals surface area contributed by atoms with Gasteiger partial charge in [0.1, 0.15) is 0 Å². The van der Waals surface area contributed by atoms with Crippen LogP contribution in [0.1, 0.15) is 20.2 Å². The Kier molecular flexibility index (Phi) is 5.84. The van der Waals surface area contributed by atoms with Crippen LogP contribution in [0.3, 0.4) is 0 Å². The molecule has 0 atom stereocenters. The molecule has 0 unspecified atom stereocenters. The predicted octanol–water partition coefficient (Wildman–Crippen LogP) is 3.36. The molecule has 2 amide bonds. The summed E-state index contributed by atoms with van der Waals surface area (Å²) in [5, 5.41) is 18.7. The first kappa shape index (κ1) is 20.1. The van der Waals surface area contributed by atoms with Gasteiger partial charge in [-0.2, -0.15) is 0 Å². The highest BCUT2D eigenvalue weighted by Crippen LogP contribution is 2.29. The molecule has 0 spiro atoms. The van der Waals surface area contributed by atoms with Gasteiger partial charge >= 0.3 is 0 Å². The summed E-state index contributed by atoms with van der Waals surface area (Å²) in [4.78, 5) is 42.9. The monoisotopic (exact) mass is 443 g/mol. The molecular formula is C19H17N5O4S2. The summed E-state index contributed by atoms with van der Waals surface area (Å²) in [6.07, 6.45) is 0.700. The van der Waals surface area contributed by atoms with Gasteiger partial charge in [0, 0.05) is 42.2 Å². The van der Waals surface area contributed by atoms with Crippen molar-refractivity contribution in [3.63, 3.8) is 0 Å². The molecule has 0 bridgehead atoms. The number of hydrogen-bond donors (Lipinski definition) is 2. The van der Waals surface area contributed by atoms with Gasteiger partial charge in [0.2, 0.25) is 5.91 Å². The topological polar surface area (TPSA) is 117 Å². The predicted molar refractivity (Wildman–Crippen MR) is 115 cm³/mol. The summed E-state index contributed by atoms with van der Waals surface area (Å²) < 4.78 is 0. The van der Waals surface area contributed by atoms with Gasteiger partial charge in [-0.05, 0) is 23.6 Å². The van der Waals surface area contributed by atoms with Crippen molar-refractivity contribution in [1.82, 2.24) is 9.88 Å². The highest BCUT2D eigenvalue weighted by atomic mass is 32.1. The molecule has 30 heavy (non-hydrogen) atoms. The molecule has 0 aliphatic carbocycles. The number of rotatable bonds is 6. The third-order valence-corrected chi connectivity index (χ3v) is 6.37. The average Bonchev–Trinajstić information content (AvgIpc) is 3.37. The molecule has 9 nitrogen and oxygen atoms in total. The molecule has 4 rings (SSSR count). The van der Waals surface area contributed by atoms with Gasteiger partial charge in [-0.25, -0.2) is 4.98 Å². The Morgan fingerprint density at radius 1 is 1.20 bits per heavy atom. The second-order valence-corrected chi connectivity index (χ2v) is 8.66. The van der Waals surface area contributed by atoms with Gasteiger partial charge in [0.25, 0.3) is 11.6 Å². The van der Waals surface area contributed by atoms with E-state index >= 15 is 0 Å². The van der Waals surface area contributed by atoms with E-state index in [0.29, 0.717) is 35.2 Å². The van der Waals surface area contributed by atoms with Crippen LogP contribution in [0.25, 0.3) is 0 Å². The molecule has 1 aliphatic heterocycles. The van der Waals surface area contributed by atoms with Crippen molar-refractivity contribution in [1.29, 1.82) is 0 Å². The number of fused-ring (bicyclic) bond motifs is 1. The number of carbonyl (C=O) groups is 2. The van der Waals surface area contributed by atoms with Crippen molar-refractivity contribution in [3.8, 4) is 0 Å². The van der Waals surface area contributed by atoms with E-state index in [1.807, 2.05) is 16.3 Å². The zero-order chi connectivity index (χ0) is 21.1. The molecule has 0 fully saturated rings. The molecule has 3 aromatic rings. The lowest BCUT2D eigenvalue weighted by molar-refractivity contribution is -0.384. The summed E-state index contributed by atoms with van der Waals surface area (Å²) in [6.45, 7) is 1.46. The van der Waals surface area contributed by atoms with Crippen LogP contribution in [-0.2, 0) is 17.8 Å². The van der Waals surface area contributed by atoms with Crippen molar-refractivity contribution < 1.29 is 14.5 Å². The Hall–Kier alpha value is -3.15. The van der Waals surface area contributed by atoms with Crippen molar-refractivity contribution in [2.75, 3.05) is 23.7 Å². The van der Waals surface area contributed by atoms with Crippen molar-refractivity contribution in [3.05, 3.63) is 67.3 Å². The Labute approximate surface area is 179 Å². The summed E-state index contributed by atoms with van der Waals surface area (Å²) in [7, 11) is 0. The molecule has 0 radical (unpaired) electrons. The van der Waals surface area contributed by atoms with Crippen LogP contribution in [0.5, 0.6) is 0 Å². The molecule has 0 saturated heterocycles. The molecular weight excluding hydrogens is 426 g/mol. The van der Waals surface area contributed by atoms with Crippen LogP contribution in [0.4, 0.5) is 16.5 Å². The molecule has 0 saturated carbocycles. The number of anilines is 2. The fourth-order valence-corrected chi connectivity index (χ4v) is 4.74. The number of nitro benzene ring substituents is 1. The standard InChI is InChI=1S/C19H17N5O4S2/c25-17(20-12-3-5-13(6-4-12)24(27)28)11-23-8-7-14-16(10-23)30-19(21-14)22-18(26)15-2-1-9-29-15/h1-6,9H,7-8,10-11H2,(H,20,25)(H,21,22,26). The summed E-state index contributed by atoms with van der Waals surface area (Å²) in [5.41, 5.74) is 1.44. The summed E-state index contributed by atoms with van der Waals surface area (Å²) in [5.74, 6) is -0.363. The number of amides is 2. The van der Waals surface area contributed by atoms with Gasteiger partial charge in [0.05, 0.1) is 22.0 Å². The highest BCUT2D eigenvalue weighted by Gasteiger charge is 2.23. The first-order chi connectivity index (χ1) is 14.5. The number of thiophene rings is 1. The fourth-order valence-electron chi connectivity index (χ4n) is 3.07. The number of nitro groups is 1. The smallest absolute Gasteiger partial charge is 0.269 e. The largest absolute Gasteiger partial charge is 0.325 e. The number of nitrogens with zero attached hydrogens (tertiary/aromatic N) is 3. The number of carbonyl (C=O) groups excluding carboxylic acids is 2. The van der Waals surface area contributed by atoms with Crippen LogP contribution < -0.4 is 10.6 Å². The van der Waals surface area contributed by atoms with Crippen LogP contribution in [0.15, 0.2) is 41.8 Å². The molecule has 11 heteroatoms. The third kappa shape index (κ3) is 4.70. The summed E-state index contributed by atoms with van der Waals surface area (Å²) in [6, 6.07) is 9.31. The lowest BCUT2D eigenvalue weighted by Crippen LogP contribution is -2.36. The molecule has 154 valence electrons. The number of hydrogen-bond acceptors (Lipinski definition) is 8. The molecule has 2 aromatic heterocycles. The normalized spacial score (nSPS) is 13.5. The van der Waals surface area contributed by atoms with E-state index in [-0.39, 0.29) is 24.0 Å². The fraction of sp³-hybridized carbons (Fsp3) is 0.211. The number of thiazole rings is 1. The number of nitrogens with one attached hydrogen (secondary N) is 2. The minimum atomic E-state index is -0.483. The SMILES string of the molecule is O=C(CN1CCc2nc(NC(=O)c3cccs3)sc2C1)Nc1ccc([N+](=O)[O-])cc1. The van der Waals surface area contributed by atoms with Gasteiger partial charge in [-0.15, -0.1) is 22.7 Å². The maximum Gasteiger partial charge on any atom is 0.269 e. The van der Waals surface area contributed by atoms with E-state index < -0.39 is 4.92 Å². The van der Waals surface area contributed by atoms with E-state index in [9.17, 15) is 19.7 Å². The van der Waals surface area contributed by atoms with Gasteiger partial charge in [0.15, 0.2) is 5.13 Å². The molecule has 3 heterocycles. The van der Waals surface area contributed by atoms with Crippen molar-refractivity contribution in [2.45, 2.75) is 13.0 Å². The number of aromatic nitrogens is 1. The highest BCUT2D eigenvalue weighted by molar-refractivity contribution is 7.16. The van der Waals surface area contributed by atoms with E-state index in [1.54, 1.807) is 6.07 Å². The van der Waals surface area contributed by atoms with E-state index in [4.69, 9.17) is 0 Å². The van der Waals surface area contributed by atoms with Gasteiger partial charge in [-0.3, -0.25) is 29.9 Å². The lowest BCUT2D eigenvalue weighted by Gasteiger charge is -2.25. The second kappa shape index (κ2) is 8.69. The Bertz CT molecular complexity index is 1080. The van der Waals surface area contributed by atoms with E-state index in [1.165, 1.54) is 46.9 Å².